The second kappa shape index (κ2) is 8.78. The van der Waals surface area contributed by atoms with Gasteiger partial charge in [0.25, 0.3) is 0 Å². The zero-order valence-corrected chi connectivity index (χ0v) is 15.8. The number of halogens is 3. The fourth-order valence-electron chi connectivity index (χ4n) is 3.45. The molecule has 2 N–H and O–H groups in total. The third-order valence-corrected chi connectivity index (χ3v) is 5.04. The molecule has 0 aliphatic carbocycles. The van der Waals surface area contributed by atoms with Crippen LogP contribution in [-0.2, 0) is 17.9 Å². The Balaban J connectivity index is 1.65. The molecule has 1 aliphatic rings. The first-order valence-electron chi connectivity index (χ1n) is 8.83. The number of amides is 1. The second-order valence-corrected chi connectivity index (χ2v) is 7.19. The number of rotatable bonds is 6. The Kier molecular flexibility index (Phi) is 6.42. The summed E-state index contributed by atoms with van der Waals surface area (Å²) in [5.74, 6) is -1.74. The monoisotopic (exact) mass is 393 g/mol. The van der Waals surface area contributed by atoms with E-state index in [1.54, 1.807) is 13.1 Å². The summed E-state index contributed by atoms with van der Waals surface area (Å²) < 4.78 is 26.4. The van der Waals surface area contributed by atoms with Crippen LogP contribution >= 0.6 is 11.6 Å². The van der Waals surface area contributed by atoms with E-state index in [2.05, 4.69) is 15.5 Å². The maximum atomic E-state index is 13.4. The molecular formula is C20H22ClF2N3O. The van der Waals surface area contributed by atoms with Gasteiger partial charge >= 0.3 is 0 Å². The SMILES string of the molecule is CNC(=O)[C@@H]1C[C@@H](NCc2ccc(F)c(F)c2)CN1Cc1cccc(Cl)c1. The molecule has 0 bridgehead atoms. The Labute approximate surface area is 162 Å². The number of likely N-dealkylation sites (tertiary alicyclic amines) is 1. The lowest BCUT2D eigenvalue weighted by molar-refractivity contribution is -0.125. The van der Waals surface area contributed by atoms with E-state index in [1.165, 1.54) is 6.07 Å². The summed E-state index contributed by atoms with van der Waals surface area (Å²) in [6.07, 6.45) is 0.643. The van der Waals surface area contributed by atoms with Crippen molar-refractivity contribution in [2.45, 2.75) is 31.6 Å². The molecule has 0 aromatic heterocycles. The van der Waals surface area contributed by atoms with Gasteiger partial charge in [-0.1, -0.05) is 29.8 Å². The highest BCUT2D eigenvalue weighted by Gasteiger charge is 2.36. The Morgan fingerprint density at radius 3 is 2.70 bits per heavy atom. The van der Waals surface area contributed by atoms with Gasteiger partial charge in [-0.3, -0.25) is 9.69 Å². The van der Waals surface area contributed by atoms with Crippen molar-refractivity contribution in [3.8, 4) is 0 Å². The molecule has 7 heteroatoms. The number of nitrogens with zero attached hydrogens (tertiary/aromatic N) is 1. The molecule has 2 atom stereocenters. The van der Waals surface area contributed by atoms with Gasteiger partial charge in [0.15, 0.2) is 11.6 Å². The minimum atomic E-state index is -0.855. The molecule has 1 saturated heterocycles. The number of hydrogen-bond acceptors (Lipinski definition) is 3. The van der Waals surface area contributed by atoms with Crippen molar-refractivity contribution < 1.29 is 13.6 Å². The fraction of sp³-hybridized carbons (Fsp3) is 0.350. The molecule has 4 nitrogen and oxygen atoms in total. The van der Waals surface area contributed by atoms with Crippen LogP contribution in [0.2, 0.25) is 5.02 Å². The fourth-order valence-corrected chi connectivity index (χ4v) is 3.66. The molecule has 0 radical (unpaired) electrons. The van der Waals surface area contributed by atoms with Gasteiger partial charge in [-0.05, 0) is 41.8 Å². The van der Waals surface area contributed by atoms with Gasteiger partial charge in [-0.2, -0.15) is 0 Å². The van der Waals surface area contributed by atoms with Crippen LogP contribution < -0.4 is 10.6 Å². The summed E-state index contributed by atoms with van der Waals surface area (Å²) in [5.41, 5.74) is 1.70. The summed E-state index contributed by atoms with van der Waals surface area (Å²) in [5, 5.41) is 6.72. The number of carbonyl (C=O) groups excluding carboxylic acids is 1. The van der Waals surface area contributed by atoms with Crippen LogP contribution in [0.4, 0.5) is 8.78 Å². The molecule has 1 fully saturated rings. The summed E-state index contributed by atoms with van der Waals surface area (Å²) in [6, 6.07) is 11.3. The van der Waals surface area contributed by atoms with Gasteiger partial charge in [0.2, 0.25) is 5.91 Å². The smallest absolute Gasteiger partial charge is 0.237 e. The molecule has 0 unspecified atom stereocenters. The molecule has 27 heavy (non-hydrogen) atoms. The lowest BCUT2D eigenvalue weighted by Crippen LogP contribution is -2.41. The van der Waals surface area contributed by atoms with Crippen LogP contribution in [0.3, 0.4) is 0 Å². The maximum Gasteiger partial charge on any atom is 0.237 e. The third kappa shape index (κ3) is 5.03. The average Bonchev–Trinajstić information content (AvgIpc) is 3.05. The zero-order chi connectivity index (χ0) is 19.4. The number of likely N-dealkylation sites (N-methyl/N-ethyl adjacent to an activating group) is 1. The molecule has 2 aromatic carbocycles. The van der Waals surface area contributed by atoms with Crippen molar-refractivity contribution in [3.05, 3.63) is 70.2 Å². The molecule has 1 heterocycles. The van der Waals surface area contributed by atoms with Gasteiger partial charge in [0.05, 0.1) is 6.04 Å². The van der Waals surface area contributed by atoms with E-state index >= 15 is 0 Å². The van der Waals surface area contributed by atoms with E-state index < -0.39 is 11.6 Å². The average molecular weight is 394 g/mol. The van der Waals surface area contributed by atoms with Crippen molar-refractivity contribution in [2.75, 3.05) is 13.6 Å². The molecular weight excluding hydrogens is 372 g/mol. The highest BCUT2D eigenvalue weighted by atomic mass is 35.5. The van der Waals surface area contributed by atoms with E-state index in [4.69, 9.17) is 11.6 Å². The lowest BCUT2D eigenvalue weighted by atomic mass is 10.1. The minimum Gasteiger partial charge on any atom is -0.358 e. The summed E-state index contributed by atoms with van der Waals surface area (Å²) in [6.45, 7) is 1.70. The zero-order valence-electron chi connectivity index (χ0n) is 15.0. The molecule has 0 saturated carbocycles. The Morgan fingerprint density at radius 1 is 1.19 bits per heavy atom. The van der Waals surface area contributed by atoms with Crippen LogP contribution in [0.15, 0.2) is 42.5 Å². The van der Waals surface area contributed by atoms with Crippen molar-refractivity contribution in [3.63, 3.8) is 0 Å². The van der Waals surface area contributed by atoms with Gasteiger partial charge < -0.3 is 10.6 Å². The summed E-state index contributed by atoms with van der Waals surface area (Å²) in [4.78, 5) is 14.4. The van der Waals surface area contributed by atoms with Crippen molar-refractivity contribution in [1.29, 1.82) is 0 Å². The van der Waals surface area contributed by atoms with Crippen LogP contribution in [0.1, 0.15) is 17.5 Å². The van der Waals surface area contributed by atoms with E-state index in [0.717, 1.165) is 11.6 Å². The van der Waals surface area contributed by atoms with Crippen molar-refractivity contribution in [2.24, 2.45) is 0 Å². The Hall–Kier alpha value is -2.02. The first kappa shape index (κ1) is 19.7. The maximum absolute atomic E-state index is 13.4. The van der Waals surface area contributed by atoms with Crippen LogP contribution in [0.25, 0.3) is 0 Å². The van der Waals surface area contributed by atoms with Gasteiger partial charge in [-0.15, -0.1) is 0 Å². The number of hydrogen-bond donors (Lipinski definition) is 2. The van der Waals surface area contributed by atoms with E-state index in [-0.39, 0.29) is 18.0 Å². The van der Waals surface area contributed by atoms with Crippen molar-refractivity contribution >= 4 is 17.5 Å². The van der Waals surface area contributed by atoms with Gasteiger partial charge in [-0.25, -0.2) is 8.78 Å². The second-order valence-electron chi connectivity index (χ2n) is 6.75. The molecule has 1 amide bonds. The molecule has 1 aliphatic heterocycles. The Morgan fingerprint density at radius 2 is 2.00 bits per heavy atom. The number of nitrogens with one attached hydrogen (secondary N) is 2. The summed E-state index contributed by atoms with van der Waals surface area (Å²) >= 11 is 6.06. The van der Waals surface area contributed by atoms with Crippen molar-refractivity contribution in [1.82, 2.24) is 15.5 Å². The summed E-state index contributed by atoms with van der Waals surface area (Å²) in [7, 11) is 1.63. The number of benzene rings is 2. The van der Waals surface area contributed by atoms with Crippen LogP contribution in [0, 0.1) is 11.6 Å². The van der Waals surface area contributed by atoms with Crippen LogP contribution in [-0.4, -0.2) is 36.5 Å². The van der Waals surface area contributed by atoms with Gasteiger partial charge in [0.1, 0.15) is 0 Å². The number of carbonyl (C=O) groups is 1. The first-order valence-corrected chi connectivity index (χ1v) is 9.21. The third-order valence-electron chi connectivity index (χ3n) is 4.81. The highest BCUT2D eigenvalue weighted by Crippen LogP contribution is 2.22. The van der Waals surface area contributed by atoms with Gasteiger partial charge in [0, 0.05) is 37.7 Å². The molecule has 2 aromatic rings. The molecule has 0 spiro atoms. The highest BCUT2D eigenvalue weighted by molar-refractivity contribution is 6.30. The topological polar surface area (TPSA) is 44.4 Å². The minimum absolute atomic E-state index is 0.0332. The Bertz CT molecular complexity index is 818. The standard InChI is InChI=1S/C20H22ClF2N3O/c1-24-20(27)19-9-16(25-10-13-5-6-17(22)18(23)8-13)12-26(19)11-14-3-2-4-15(21)7-14/h2-8,16,19,25H,9-12H2,1H3,(H,24,27)/t16-,19+/m1/s1. The lowest BCUT2D eigenvalue weighted by Gasteiger charge is -2.23. The van der Waals surface area contributed by atoms with E-state index in [1.807, 2.05) is 24.3 Å². The van der Waals surface area contributed by atoms with E-state index in [0.29, 0.717) is 36.6 Å². The molecule has 3 rings (SSSR count). The van der Waals surface area contributed by atoms with Crippen LogP contribution in [0.5, 0.6) is 0 Å². The predicted molar refractivity (Wildman–Crippen MR) is 101 cm³/mol. The normalized spacial score (nSPS) is 20.0. The first-order chi connectivity index (χ1) is 13.0. The van der Waals surface area contributed by atoms with E-state index in [9.17, 15) is 13.6 Å². The quantitative estimate of drug-likeness (QED) is 0.792. The largest absolute Gasteiger partial charge is 0.358 e. The predicted octanol–water partition coefficient (Wildman–Crippen LogP) is 3.10. The molecule has 144 valence electrons.